The smallest absolute Gasteiger partial charge is 0.250 e. The minimum Gasteiger partial charge on any atom is -0.543 e. The van der Waals surface area contributed by atoms with Crippen molar-refractivity contribution >= 4 is 22.4 Å². The van der Waals surface area contributed by atoms with Gasteiger partial charge in [0.05, 0.1) is 0 Å². The summed E-state index contributed by atoms with van der Waals surface area (Å²) in [6.07, 6.45) is 2.00. The Morgan fingerprint density at radius 1 is 0.839 bits per heavy atom. The van der Waals surface area contributed by atoms with Crippen molar-refractivity contribution in [2.75, 3.05) is 6.61 Å². The second-order valence-corrected chi connectivity index (χ2v) is 21.1. The van der Waals surface area contributed by atoms with E-state index in [1.165, 1.54) is 0 Å². The number of allylic oxidation sites excluding steroid dienone is 1. The number of hydrogen-bond donors (Lipinski definition) is 0. The fraction of sp³-hybridized carbons (Fsp3) is 0.640. The van der Waals surface area contributed by atoms with E-state index in [9.17, 15) is 4.79 Å². The van der Waals surface area contributed by atoms with Gasteiger partial charge in [0.1, 0.15) is 29.4 Å². The molecule has 0 heterocycles. The van der Waals surface area contributed by atoms with E-state index in [4.69, 9.17) is 13.6 Å². The molecule has 0 aliphatic carbocycles. The molecule has 6 heteroatoms. The third-order valence-electron chi connectivity index (χ3n) is 6.47. The van der Waals surface area contributed by atoms with Gasteiger partial charge in [-0.3, -0.25) is 4.79 Å². The Balaban J connectivity index is 3.63. The molecule has 0 bridgehead atoms. The Morgan fingerprint density at radius 3 is 1.71 bits per heavy atom. The van der Waals surface area contributed by atoms with Gasteiger partial charge < -0.3 is 13.6 Å². The van der Waals surface area contributed by atoms with Crippen LogP contribution in [0.5, 0.6) is 17.2 Å². The molecule has 0 aliphatic heterocycles. The lowest BCUT2D eigenvalue weighted by Crippen LogP contribution is -2.44. The molecular formula is C25H44O4Si2. The van der Waals surface area contributed by atoms with Crippen LogP contribution in [0.3, 0.4) is 0 Å². The van der Waals surface area contributed by atoms with Gasteiger partial charge in [0.2, 0.25) is 8.32 Å². The molecule has 0 radical (unpaired) electrons. The van der Waals surface area contributed by atoms with Crippen molar-refractivity contribution < 1.29 is 18.4 Å². The average Bonchev–Trinajstić information content (AvgIpc) is 2.50. The van der Waals surface area contributed by atoms with E-state index in [0.717, 1.165) is 5.57 Å². The number of carbonyl (C=O) groups excluding carboxylic acids is 1. The van der Waals surface area contributed by atoms with Crippen LogP contribution >= 0.6 is 0 Å². The maximum atomic E-state index is 12.7. The number of hydrogen-bond acceptors (Lipinski definition) is 4. The van der Waals surface area contributed by atoms with Crippen molar-refractivity contribution in [3.63, 3.8) is 0 Å². The van der Waals surface area contributed by atoms with Gasteiger partial charge in [0.15, 0.2) is 5.78 Å². The zero-order chi connectivity index (χ0) is 24.4. The molecule has 0 saturated heterocycles. The van der Waals surface area contributed by atoms with Gasteiger partial charge in [-0.05, 0) is 63.1 Å². The van der Waals surface area contributed by atoms with Gasteiger partial charge in [0, 0.05) is 12.1 Å². The molecule has 4 nitrogen and oxygen atoms in total. The first kappa shape index (κ1) is 27.5. The molecule has 0 amide bonds. The highest BCUT2D eigenvalue weighted by molar-refractivity contribution is 6.75. The number of ether oxygens (including phenoxy) is 1. The van der Waals surface area contributed by atoms with E-state index in [-0.39, 0.29) is 15.9 Å². The van der Waals surface area contributed by atoms with Gasteiger partial charge in [0.25, 0.3) is 8.32 Å². The summed E-state index contributed by atoms with van der Waals surface area (Å²) in [6, 6.07) is 3.75. The van der Waals surface area contributed by atoms with Crippen molar-refractivity contribution in [2.24, 2.45) is 0 Å². The van der Waals surface area contributed by atoms with Crippen molar-refractivity contribution in [1.82, 2.24) is 0 Å². The van der Waals surface area contributed by atoms with Crippen molar-refractivity contribution in [3.05, 3.63) is 29.3 Å². The van der Waals surface area contributed by atoms with Crippen molar-refractivity contribution in [1.29, 1.82) is 0 Å². The SMILES string of the molecule is CC(=O)c1c(OCC=C(C)C)cc(O[Si](C)(C)C(C)(C)C)cc1O[Si](C)(C)C(C)(C)C. The summed E-state index contributed by atoms with van der Waals surface area (Å²) in [5, 5.41) is 0.0518. The molecule has 0 aromatic heterocycles. The van der Waals surface area contributed by atoms with Crippen LogP contribution in [0, 0.1) is 0 Å². The Kier molecular flexibility index (Phi) is 8.45. The van der Waals surface area contributed by atoms with Crippen molar-refractivity contribution in [3.8, 4) is 17.2 Å². The van der Waals surface area contributed by atoms with Gasteiger partial charge >= 0.3 is 0 Å². The molecule has 0 aliphatic rings. The maximum Gasteiger partial charge on any atom is 0.250 e. The lowest BCUT2D eigenvalue weighted by molar-refractivity contribution is 0.101. The summed E-state index contributed by atoms with van der Waals surface area (Å²) < 4.78 is 19.3. The first-order valence-electron chi connectivity index (χ1n) is 11.1. The predicted octanol–water partition coefficient (Wildman–Crippen LogP) is 8.00. The number of carbonyl (C=O) groups is 1. The van der Waals surface area contributed by atoms with Crippen LogP contribution < -0.4 is 13.6 Å². The Labute approximate surface area is 192 Å². The fourth-order valence-corrected chi connectivity index (χ4v) is 4.37. The van der Waals surface area contributed by atoms with Gasteiger partial charge in [-0.1, -0.05) is 47.1 Å². The maximum absolute atomic E-state index is 12.7. The summed E-state index contributed by atoms with van der Waals surface area (Å²) in [5.74, 6) is 1.73. The Morgan fingerprint density at radius 2 is 1.29 bits per heavy atom. The highest BCUT2D eigenvalue weighted by atomic mass is 28.4. The van der Waals surface area contributed by atoms with Crippen molar-refractivity contribution in [2.45, 2.75) is 98.6 Å². The first-order valence-corrected chi connectivity index (χ1v) is 16.9. The molecule has 1 aromatic carbocycles. The van der Waals surface area contributed by atoms with E-state index in [1.807, 2.05) is 32.1 Å². The topological polar surface area (TPSA) is 44.8 Å². The average molecular weight is 465 g/mol. The predicted molar refractivity (Wildman–Crippen MR) is 137 cm³/mol. The van der Waals surface area contributed by atoms with E-state index in [1.54, 1.807) is 6.92 Å². The molecule has 176 valence electrons. The van der Waals surface area contributed by atoms with E-state index >= 15 is 0 Å². The highest BCUT2D eigenvalue weighted by Gasteiger charge is 2.41. The van der Waals surface area contributed by atoms with Crippen LogP contribution in [-0.4, -0.2) is 29.0 Å². The van der Waals surface area contributed by atoms with Gasteiger partial charge in [-0.25, -0.2) is 0 Å². The van der Waals surface area contributed by atoms with Crippen LogP contribution in [0.15, 0.2) is 23.8 Å². The van der Waals surface area contributed by atoms with Gasteiger partial charge in [-0.2, -0.15) is 0 Å². The number of benzene rings is 1. The third kappa shape index (κ3) is 7.24. The third-order valence-corrected chi connectivity index (χ3v) is 15.2. The summed E-state index contributed by atoms with van der Waals surface area (Å²) in [5.41, 5.74) is 1.66. The molecule has 0 N–H and O–H groups in total. The van der Waals surface area contributed by atoms with Crippen LogP contribution in [0.25, 0.3) is 0 Å². The minimum atomic E-state index is -2.18. The summed E-state index contributed by atoms with van der Waals surface area (Å²) in [7, 11) is -4.25. The van der Waals surface area contributed by atoms with E-state index in [2.05, 4.69) is 67.7 Å². The second-order valence-electron chi connectivity index (χ2n) is 11.7. The number of ketones is 1. The Hall–Kier alpha value is -1.54. The lowest BCUT2D eigenvalue weighted by Gasteiger charge is -2.38. The van der Waals surface area contributed by atoms with Crippen LogP contribution in [0.4, 0.5) is 0 Å². The standard InChI is InChI=1S/C25H44O4Si2/c1-18(2)14-15-27-21-16-20(28-30(10,11)24(4,5)6)17-22(23(21)19(3)26)29-31(12,13)25(7,8)9/h14,16-17H,15H2,1-13H3. The zero-order valence-electron chi connectivity index (χ0n) is 22.1. The molecule has 0 saturated carbocycles. The summed E-state index contributed by atoms with van der Waals surface area (Å²) >= 11 is 0. The monoisotopic (exact) mass is 464 g/mol. The first-order chi connectivity index (χ1) is 13.8. The molecule has 31 heavy (non-hydrogen) atoms. The molecule has 1 rings (SSSR count). The quantitative estimate of drug-likeness (QED) is 0.222. The molecule has 1 aromatic rings. The second kappa shape index (κ2) is 9.53. The van der Waals surface area contributed by atoms with Gasteiger partial charge in [-0.15, -0.1) is 0 Å². The van der Waals surface area contributed by atoms with E-state index < -0.39 is 16.6 Å². The Bertz CT molecular complexity index is 821. The number of rotatable bonds is 8. The van der Waals surface area contributed by atoms with Crippen LogP contribution in [0.2, 0.25) is 36.3 Å². The lowest BCUT2D eigenvalue weighted by atomic mass is 10.1. The normalized spacial score (nSPS) is 12.9. The largest absolute Gasteiger partial charge is 0.543 e. The minimum absolute atomic E-state index is 0.000429. The molecule has 0 spiro atoms. The van der Waals surface area contributed by atoms with Crippen LogP contribution in [-0.2, 0) is 0 Å². The zero-order valence-corrected chi connectivity index (χ0v) is 24.1. The summed E-state index contributed by atoms with van der Waals surface area (Å²) in [4.78, 5) is 12.7. The summed E-state index contributed by atoms with van der Waals surface area (Å²) in [6.45, 7) is 28.0. The fourth-order valence-electron chi connectivity index (χ4n) is 2.34. The molecular weight excluding hydrogens is 420 g/mol. The van der Waals surface area contributed by atoms with E-state index in [0.29, 0.717) is 29.4 Å². The molecule has 0 fully saturated rings. The molecule has 0 atom stereocenters. The number of Topliss-reactive ketones (excluding diaryl/α,β-unsaturated/α-hetero) is 1. The highest BCUT2D eigenvalue weighted by Crippen LogP contribution is 2.44. The molecule has 0 unspecified atom stereocenters. The van der Waals surface area contributed by atoms with Crippen LogP contribution in [0.1, 0.15) is 72.7 Å².